The Labute approximate surface area is 211 Å². The summed E-state index contributed by atoms with van der Waals surface area (Å²) in [6, 6.07) is 5.43. The minimum atomic E-state index is -0.468. The number of anilines is 1. The van der Waals surface area contributed by atoms with Gasteiger partial charge in [-0.15, -0.1) is 0 Å². The van der Waals surface area contributed by atoms with Gasteiger partial charge < -0.3 is 25.2 Å². The number of nitrogens with one attached hydrogen (secondary N) is 4. The lowest BCUT2D eigenvalue weighted by molar-refractivity contribution is -0.136. The maximum Gasteiger partial charge on any atom is 0.274 e. The molecule has 4 rings (SSSR count). The Morgan fingerprint density at radius 2 is 2.14 bits per heavy atom. The van der Waals surface area contributed by atoms with Crippen LogP contribution in [0.4, 0.5) is 5.82 Å². The van der Waals surface area contributed by atoms with Crippen molar-refractivity contribution in [2.75, 3.05) is 50.7 Å². The van der Waals surface area contributed by atoms with Crippen LogP contribution in [0, 0.1) is 5.41 Å². The van der Waals surface area contributed by atoms with Gasteiger partial charge >= 0.3 is 0 Å². The number of methoxy groups -OCH3 is 1. The quantitative estimate of drug-likeness (QED) is 0.411. The average Bonchev–Trinajstić information content (AvgIpc) is 3.54. The lowest BCUT2D eigenvalue weighted by atomic mass is 9.92. The Hall–Kier alpha value is -2.34. The molecule has 3 aliphatic rings. The van der Waals surface area contributed by atoms with E-state index in [1.54, 1.807) is 38.4 Å². The van der Waals surface area contributed by atoms with E-state index >= 15 is 0 Å². The summed E-state index contributed by atoms with van der Waals surface area (Å²) in [6.45, 7) is 5.29. The minimum Gasteiger partial charge on any atom is -0.392 e. The molecule has 3 atom stereocenters. The molecule has 4 heterocycles. The molecule has 11 heteroatoms. The van der Waals surface area contributed by atoms with E-state index in [0.29, 0.717) is 23.8 Å². The first kappa shape index (κ1) is 25.7. The van der Waals surface area contributed by atoms with E-state index in [2.05, 4.69) is 31.2 Å². The molecule has 10 nitrogen and oxygen atoms in total. The van der Waals surface area contributed by atoms with Crippen LogP contribution in [0.25, 0.3) is 0 Å². The predicted octanol–water partition coefficient (Wildman–Crippen LogP) is 0.892. The highest BCUT2D eigenvalue weighted by Gasteiger charge is 2.46. The van der Waals surface area contributed by atoms with E-state index in [1.807, 2.05) is 37.7 Å². The maximum atomic E-state index is 13.3. The molecule has 3 aliphatic heterocycles. The van der Waals surface area contributed by atoms with Crippen molar-refractivity contribution < 1.29 is 14.3 Å². The van der Waals surface area contributed by atoms with E-state index in [9.17, 15) is 9.59 Å². The summed E-state index contributed by atoms with van der Waals surface area (Å²) in [5, 5.41) is 12.7. The van der Waals surface area contributed by atoms with Crippen LogP contribution in [0.1, 0.15) is 37.2 Å². The number of thioether (sulfide) groups is 1. The highest BCUT2D eigenvalue weighted by atomic mass is 32.2. The molecule has 0 bridgehead atoms. The fourth-order valence-corrected chi connectivity index (χ4v) is 6.38. The Balaban J connectivity index is 1.52. The number of rotatable bonds is 8. The molecule has 4 N–H and O–H groups in total. The minimum absolute atomic E-state index is 0.00402. The van der Waals surface area contributed by atoms with Crippen LogP contribution in [0.2, 0.25) is 0 Å². The molecule has 1 spiro atoms. The second-order valence-electron chi connectivity index (χ2n) is 9.99. The van der Waals surface area contributed by atoms with Gasteiger partial charge in [-0.25, -0.2) is 4.98 Å². The molecule has 0 aliphatic carbocycles. The van der Waals surface area contributed by atoms with Crippen LogP contribution in [0.3, 0.4) is 0 Å². The van der Waals surface area contributed by atoms with Crippen molar-refractivity contribution in [3.05, 3.63) is 35.8 Å². The molecule has 0 radical (unpaired) electrons. The van der Waals surface area contributed by atoms with Crippen LogP contribution in [0.5, 0.6) is 0 Å². The van der Waals surface area contributed by atoms with Crippen LogP contribution in [-0.2, 0) is 9.53 Å². The number of pyridine rings is 1. The summed E-state index contributed by atoms with van der Waals surface area (Å²) >= 11 is 1.94. The zero-order chi connectivity index (χ0) is 25.2. The lowest BCUT2D eigenvalue weighted by Crippen LogP contribution is -2.51. The normalized spacial score (nSPS) is 27.1. The second kappa shape index (κ2) is 10.3. The van der Waals surface area contributed by atoms with Crippen molar-refractivity contribution in [2.24, 2.45) is 5.41 Å². The third-order valence-corrected chi connectivity index (χ3v) is 8.28. The molecule has 3 fully saturated rings. The molecule has 1 aromatic rings. The van der Waals surface area contributed by atoms with Gasteiger partial charge in [0.1, 0.15) is 17.7 Å². The smallest absolute Gasteiger partial charge is 0.274 e. The van der Waals surface area contributed by atoms with E-state index in [1.165, 1.54) is 0 Å². The zero-order valence-corrected chi connectivity index (χ0v) is 22.0. The fourth-order valence-electron chi connectivity index (χ4n) is 4.99. The van der Waals surface area contributed by atoms with Crippen molar-refractivity contribution >= 4 is 29.4 Å². The van der Waals surface area contributed by atoms with Crippen LogP contribution in [0.15, 0.2) is 30.1 Å². The Bertz CT molecular complexity index is 980. The first-order valence-corrected chi connectivity index (χ1v) is 13.2. The number of hydrogen-bond acceptors (Lipinski definition) is 9. The molecule has 3 unspecified atom stereocenters. The SMILES string of the molecule is CN/C=C(/NC(=O)c1cccc(N2CC3(CCSC3)NC2OC)n1)C(NC)N1CCC(C)(C)C1=O. The first-order chi connectivity index (χ1) is 16.7. The summed E-state index contributed by atoms with van der Waals surface area (Å²) in [5.74, 6) is 2.55. The third-order valence-electron chi connectivity index (χ3n) is 7.03. The largest absolute Gasteiger partial charge is 0.392 e. The van der Waals surface area contributed by atoms with Crippen LogP contribution >= 0.6 is 11.8 Å². The predicted molar refractivity (Wildman–Crippen MR) is 138 cm³/mol. The van der Waals surface area contributed by atoms with Gasteiger partial charge in [0.2, 0.25) is 5.91 Å². The number of amides is 2. The average molecular weight is 504 g/mol. The topological polar surface area (TPSA) is 111 Å². The van der Waals surface area contributed by atoms with E-state index in [-0.39, 0.29) is 23.7 Å². The number of likely N-dealkylation sites (N-methyl/N-ethyl adjacent to an activating group) is 1. The Kier molecular flexibility index (Phi) is 7.60. The first-order valence-electron chi connectivity index (χ1n) is 12.0. The number of likely N-dealkylation sites (tertiary alicyclic amines) is 1. The zero-order valence-electron chi connectivity index (χ0n) is 21.2. The number of nitrogens with zero attached hydrogens (tertiary/aromatic N) is 3. The highest BCUT2D eigenvalue weighted by molar-refractivity contribution is 7.99. The molecule has 192 valence electrons. The van der Waals surface area contributed by atoms with Crippen molar-refractivity contribution in [1.29, 1.82) is 0 Å². The van der Waals surface area contributed by atoms with Gasteiger partial charge in [-0.05, 0) is 37.8 Å². The van der Waals surface area contributed by atoms with Crippen molar-refractivity contribution in [1.82, 2.24) is 31.2 Å². The number of ether oxygens (including phenoxy) is 1. The van der Waals surface area contributed by atoms with Crippen molar-refractivity contribution in [2.45, 2.75) is 44.7 Å². The lowest BCUT2D eigenvalue weighted by Gasteiger charge is -2.31. The molecular weight excluding hydrogens is 466 g/mol. The van der Waals surface area contributed by atoms with Gasteiger partial charge in [0.25, 0.3) is 5.91 Å². The fraction of sp³-hybridized carbons (Fsp3) is 0.625. The molecule has 1 aromatic heterocycles. The van der Waals surface area contributed by atoms with E-state index in [4.69, 9.17) is 4.74 Å². The third kappa shape index (κ3) is 5.13. The number of carbonyl (C=O) groups excluding carboxylic acids is 2. The molecule has 2 amide bonds. The second-order valence-corrected chi connectivity index (χ2v) is 11.1. The van der Waals surface area contributed by atoms with Crippen molar-refractivity contribution in [3.63, 3.8) is 0 Å². The summed E-state index contributed by atoms with van der Waals surface area (Å²) in [5.41, 5.74) is 0.433. The van der Waals surface area contributed by atoms with Gasteiger partial charge in [0, 0.05) is 50.2 Å². The molecule has 3 saturated heterocycles. The van der Waals surface area contributed by atoms with Crippen LogP contribution in [-0.4, -0.2) is 85.6 Å². The molecular formula is C24H37N7O3S. The van der Waals surface area contributed by atoms with Gasteiger partial charge in [-0.1, -0.05) is 19.9 Å². The standard InChI is InChI=1S/C24H37N7O3S/c1-23(2)9-11-30(21(23)33)19(26-4)17(13-25-3)28-20(32)16-7-6-8-18(27-16)31-14-24(10-12-35-15-24)29-22(31)34-5/h6-8,13,19,22,25-26,29H,9-12,14-15H2,1-5H3,(H,28,32)/b17-13+. The summed E-state index contributed by atoms with van der Waals surface area (Å²) in [4.78, 5) is 34.8. The number of hydrogen-bond donors (Lipinski definition) is 4. The molecule has 0 aromatic carbocycles. The highest BCUT2D eigenvalue weighted by Crippen LogP contribution is 2.35. The molecule has 0 saturated carbocycles. The number of aromatic nitrogens is 1. The Morgan fingerprint density at radius 3 is 2.74 bits per heavy atom. The van der Waals surface area contributed by atoms with E-state index in [0.717, 1.165) is 30.9 Å². The molecule has 35 heavy (non-hydrogen) atoms. The van der Waals surface area contributed by atoms with Gasteiger partial charge in [-0.2, -0.15) is 11.8 Å². The maximum absolute atomic E-state index is 13.3. The van der Waals surface area contributed by atoms with Crippen molar-refractivity contribution in [3.8, 4) is 0 Å². The monoisotopic (exact) mass is 503 g/mol. The summed E-state index contributed by atoms with van der Waals surface area (Å²) in [6.07, 6.45) is 2.78. The Morgan fingerprint density at radius 1 is 1.34 bits per heavy atom. The van der Waals surface area contributed by atoms with E-state index < -0.39 is 11.6 Å². The summed E-state index contributed by atoms with van der Waals surface area (Å²) < 4.78 is 5.69. The van der Waals surface area contributed by atoms with Gasteiger partial charge in [-0.3, -0.25) is 20.2 Å². The number of carbonyl (C=O) groups is 2. The summed E-state index contributed by atoms with van der Waals surface area (Å²) in [7, 11) is 5.21. The van der Waals surface area contributed by atoms with Gasteiger partial charge in [0.15, 0.2) is 6.35 Å². The van der Waals surface area contributed by atoms with Gasteiger partial charge in [0.05, 0.1) is 5.70 Å². The van der Waals surface area contributed by atoms with Crippen LogP contribution < -0.4 is 26.2 Å².